The number of benzene rings is 1. The normalized spacial score (nSPS) is 10.7. The first-order chi connectivity index (χ1) is 14.0. The number of rotatable bonds is 8. The van der Waals surface area contributed by atoms with Gasteiger partial charge in [-0.25, -0.2) is 4.98 Å². The molecule has 0 fully saturated rings. The molecule has 2 N–H and O–H groups in total. The van der Waals surface area contributed by atoms with Crippen molar-refractivity contribution in [3.63, 3.8) is 0 Å². The minimum atomic E-state index is -0.135. The maximum Gasteiger partial charge on any atom is 0.240 e. The quantitative estimate of drug-likeness (QED) is 0.556. The van der Waals surface area contributed by atoms with E-state index in [2.05, 4.69) is 39.2 Å². The Bertz CT molecular complexity index is 1000. The number of H-pyrrole nitrogens is 1. The van der Waals surface area contributed by atoms with Gasteiger partial charge in [0.15, 0.2) is 10.6 Å². The van der Waals surface area contributed by atoms with Gasteiger partial charge in [-0.15, -0.1) is 0 Å². The molecular formula is C21H26N6OS. The molecule has 0 radical (unpaired) electrons. The summed E-state index contributed by atoms with van der Waals surface area (Å²) in [6.45, 7) is 8.56. The van der Waals surface area contributed by atoms with Crippen LogP contribution in [0.4, 0.5) is 5.82 Å². The Kier molecular flexibility index (Phi) is 6.77. The van der Waals surface area contributed by atoms with E-state index in [-0.39, 0.29) is 12.5 Å². The van der Waals surface area contributed by atoms with Crippen LogP contribution in [0.25, 0.3) is 11.4 Å². The molecule has 0 aliphatic rings. The van der Waals surface area contributed by atoms with Crippen LogP contribution in [0.1, 0.15) is 25.0 Å². The summed E-state index contributed by atoms with van der Waals surface area (Å²) >= 11 is 5.31. The number of hydrogen-bond acceptors (Lipinski definition) is 5. The molecule has 0 saturated heterocycles. The summed E-state index contributed by atoms with van der Waals surface area (Å²) in [5.41, 5.74) is 3.02. The third-order valence-corrected chi connectivity index (χ3v) is 5.07. The van der Waals surface area contributed by atoms with E-state index in [1.54, 1.807) is 10.8 Å². The van der Waals surface area contributed by atoms with Gasteiger partial charge in [0.05, 0.1) is 0 Å². The van der Waals surface area contributed by atoms with Crippen molar-refractivity contribution >= 4 is 23.9 Å². The number of carbonyl (C=O) groups is 1. The van der Waals surface area contributed by atoms with Crippen molar-refractivity contribution in [3.8, 4) is 11.4 Å². The van der Waals surface area contributed by atoms with Gasteiger partial charge in [0.25, 0.3) is 0 Å². The molecule has 2 heterocycles. The van der Waals surface area contributed by atoms with Crippen LogP contribution in [0.2, 0.25) is 0 Å². The molecule has 0 bridgehead atoms. The van der Waals surface area contributed by atoms with Crippen molar-refractivity contribution in [2.24, 2.45) is 0 Å². The fraction of sp³-hybridized carbons (Fsp3) is 0.333. The van der Waals surface area contributed by atoms with Crippen LogP contribution >= 0.6 is 12.2 Å². The summed E-state index contributed by atoms with van der Waals surface area (Å²) in [4.78, 5) is 19.2. The molecule has 8 heteroatoms. The highest BCUT2D eigenvalue weighted by atomic mass is 32.1. The van der Waals surface area contributed by atoms with E-state index in [0.29, 0.717) is 17.1 Å². The Morgan fingerprint density at radius 3 is 2.52 bits per heavy atom. The van der Waals surface area contributed by atoms with E-state index in [4.69, 9.17) is 12.2 Å². The Morgan fingerprint density at radius 2 is 1.90 bits per heavy atom. The van der Waals surface area contributed by atoms with Gasteiger partial charge in [0.2, 0.25) is 5.91 Å². The van der Waals surface area contributed by atoms with Crippen LogP contribution in [0.3, 0.4) is 0 Å². The van der Waals surface area contributed by atoms with E-state index in [0.717, 1.165) is 35.6 Å². The molecule has 0 aliphatic carbocycles. The summed E-state index contributed by atoms with van der Waals surface area (Å²) < 4.78 is 2.12. The number of nitrogens with one attached hydrogen (secondary N) is 2. The smallest absolute Gasteiger partial charge is 0.240 e. The average molecular weight is 411 g/mol. The fourth-order valence-electron chi connectivity index (χ4n) is 3.04. The second kappa shape index (κ2) is 9.47. The molecular weight excluding hydrogens is 384 g/mol. The SMILES string of the molecule is CCN(CC)c1ccc(CNC(=O)Cn2c(-c3ccc(C)cc3)n[nH]c2=S)cn1. The van der Waals surface area contributed by atoms with Gasteiger partial charge >= 0.3 is 0 Å². The second-order valence-corrected chi connectivity index (χ2v) is 7.16. The molecule has 152 valence electrons. The molecule has 1 amide bonds. The van der Waals surface area contributed by atoms with Gasteiger partial charge < -0.3 is 10.2 Å². The summed E-state index contributed by atoms with van der Waals surface area (Å²) in [6, 6.07) is 11.9. The van der Waals surface area contributed by atoms with Gasteiger partial charge in [0.1, 0.15) is 12.4 Å². The van der Waals surface area contributed by atoms with E-state index in [1.165, 1.54) is 0 Å². The minimum Gasteiger partial charge on any atom is -0.357 e. The lowest BCUT2D eigenvalue weighted by molar-refractivity contribution is -0.121. The number of pyridine rings is 1. The Balaban J connectivity index is 1.64. The highest BCUT2D eigenvalue weighted by Crippen LogP contribution is 2.18. The van der Waals surface area contributed by atoms with Crippen LogP contribution in [-0.2, 0) is 17.9 Å². The maximum atomic E-state index is 12.5. The number of amides is 1. The maximum absolute atomic E-state index is 12.5. The lowest BCUT2D eigenvalue weighted by atomic mass is 10.1. The topological polar surface area (TPSA) is 78.8 Å². The van der Waals surface area contributed by atoms with Crippen LogP contribution in [0, 0.1) is 11.7 Å². The van der Waals surface area contributed by atoms with E-state index >= 15 is 0 Å². The zero-order chi connectivity index (χ0) is 20.8. The van der Waals surface area contributed by atoms with Crippen LogP contribution in [-0.4, -0.2) is 38.7 Å². The number of nitrogens with zero attached hydrogens (tertiary/aromatic N) is 4. The molecule has 0 unspecified atom stereocenters. The van der Waals surface area contributed by atoms with Gasteiger partial charge in [-0.05, 0) is 44.6 Å². The number of anilines is 1. The van der Waals surface area contributed by atoms with Crippen molar-refractivity contribution in [1.82, 2.24) is 25.1 Å². The van der Waals surface area contributed by atoms with Crippen molar-refractivity contribution in [2.45, 2.75) is 33.9 Å². The lowest BCUT2D eigenvalue weighted by Crippen LogP contribution is -2.27. The third kappa shape index (κ3) is 5.08. The summed E-state index contributed by atoms with van der Waals surface area (Å²) in [6.07, 6.45) is 1.80. The Hall–Kier alpha value is -3.00. The zero-order valence-electron chi connectivity index (χ0n) is 17.0. The zero-order valence-corrected chi connectivity index (χ0v) is 17.8. The molecule has 1 aromatic carbocycles. The monoisotopic (exact) mass is 410 g/mol. The highest BCUT2D eigenvalue weighted by molar-refractivity contribution is 7.71. The largest absolute Gasteiger partial charge is 0.357 e. The minimum absolute atomic E-state index is 0.101. The lowest BCUT2D eigenvalue weighted by Gasteiger charge is -2.19. The number of aryl methyl sites for hydroxylation is 1. The Morgan fingerprint density at radius 1 is 1.17 bits per heavy atom. The van der Waals surface area contributed by atoms with Gasteiger partial charge in [-0.1, -0.05) is 35.9 Å². The van der Waals surface area contributed by atoms with Crippen molar-refractivity contribution in [1.29, 1.82) is 0 Å². The van der Waals surface area contributed by atoms with E-state index in [1.807, 2.05) is 43.3 Å². The van der Waals surface area contributed by atoms with Crippen molar-refractivity contribution in [3.05, 3.63) is 58.5 Å². The fourth-order valence-corrected chi connectivity index (χ4v) is 3.24. The number of aromatic amines is 1. The standard InChI is InChI=1S/C21H26N6OS/c1-4-26(5-2)18-11-8-16(12-22-18)13-23-19(28)14-27-20(24-25-21(27)29)17-9-6-15(3)7-10-17/h6-12H,4-5,13-14H2,1-3H3,(H,23,28)(H,25,29). The number of hydrogen-bond donors (Lipinski definition) is 2. The first-order valence-corrected chi connectivity index (χ1v) is 10.1. The molecule has 3 rings (SSSR count). The van der Waals surface area contributed by atoms with Crippen LogP contribution < -0.4 is 10.2 Å². The van der Waals surface area contributed by atoms with Crippen molar-refractivity contribution < 1.29 is 4.79 Å². The predicted octanol–water partition coefficient (Wildman–Crippen LogP) is 3.47. The van der Waals surface area contributed by atoms with E-state index in [9.17, 15) is 4.79 Å². The number of aromatic nitrogens is 4. The molecule has 2 aromatic heterocycles. The summed E-state index contributed by atoms with van der Waals surface area (Å²) in [7, 11) is 0. The van der Waals surface area contributed by atoms with Gasteiger partial charge in [-0.2, -0.15) is 5.10 Å². The Labute approximate surface area is 175 Å². The second-order valence-electron chi connectivity index (χ2n) is 6.78. The molecule has 3 aromatic rings. The van der Waals surface area contributed by atoms with Crippen LogP contribution in [0.15, 0.2) is 42.6 Å². The predicted molar refractivity (Wildman–Crippen MR) is 117 cm³/mol. The average Bonchev–Trinajstić information content (AvgIpc) is 3.09. The molecule has 0 spiro atoms. The summed E-state index contributed by atoms with van der Waals surface area (Å²) in [5.74, 6) is 1.46. The van der Waals surface area contributed by atoms with Crippen LogP contribution in [0.5, 0.6) is 0 Å². The molecule has 0 aliphatic heterocycles. The van der Waals surface area contributed by atoms with Gasteiger partial charge in [0, 0.05) is 31.4 Å². The first kappa shape index (κ1) is 20.7. The first-order valence-electron chi connectivity index (χ1n) is 9.70. The third-order valence-electron chi connectivity index (χ3n) is 4.76. The molecule has 7 nitrogen and oxygen atoms in total. The highest BCUT2D eigenvalue weighted by Gasteiger charge is 2.12. The van der Waals surface area contributed by atoms with Gasteiger partial charge in [-0.3, -0.25) is 14.5 Å². The molecule has 0 saturated carbocycles. The number of carbonyl (C=O) groups excluding carboxylic acids is 1. The van der Waals surface area contributed by atoms with Crippen molar-refractivity contribution in [2.75, 3.05) is 18.0 Å². The molecule has 29 heavy (non-hydrogen) atoms. The van der Waals surface area contributed by atoms with E-state index < -0.39 is 0 Å². The summed E-state index contributed by atoms with van der Waals surface area (Å²) in [5, 5.41) is 9.99. The molecule has 0 atom stereocenters.